The zero-order chi connectivity index (χ0) is 13.8. The van der Waals surface area contributed by atoms with Gasteiger partial charge in [0.1, 0.15) is 11.4 Å². The molecular weight excluding hydrogens is 252 g/mol. The number of nitrogens with zero attached hydrogens (tertiary/aromatic N) is 1. The lowest BCUT2D eigenvalue weighted by molar-refractivity contribution is 0.146. The highest BCUT2D eigenvalue weighted by atomic mass is 19.3. The van der Waals surface area contributed by atoms with Crippen molar-refractivity contribution in [2.45, 2.75) is 19.8 Å². The Balaban J connectivity index is 2.49. The van der Waals surface area contributed by atoms with E-state index in [2.05, 4.69) is 10.4 Å². The zero-order valence-electron chi connectivity index (χ0n) is 10.5. The Hall–Kier alpha value is -1.95. The molecule has 0 saturated carbocycles. The quantitative estimate of drug-likeness (QED) is 0.645. The minimum absolute atomic E-state index is 0.303. The summed E-state index contributed by atoms with van der Waals surface area (Å²) in [5.74, 6) is 6.04. The number of alkyl halides is 2. The molecule has 4 nitrogen and oxygen atoms in total. The molecule has 0 aliphatic heterocycles. The van der Waals surface area contributed by atoms with E-state index in [1.807, 2.05) is 6.92 Å². The van der Waals surface area contributed by atoms with Crippen LogP contribution >= 0.6 is 0 Å². The molecule has 0 spiro atoms. The van der Waals surface area contributed by atoms with E-state index in [0.717, 1.165) is 6.42 Å². The summed E-state index contributed by atoms with van der Waals surface area (Å²) in [6.45, 7) is 2.60. The van der Waals surface area contributed by atoms with Crippen molar-refractivity contribution >= 4 is 16.6 Å². The predicted octanol–water partition coefficient (Wildman–Crippen LogP) is 3.25. The largest absolute Gasteiger partial charge is 0.494 e. The minimum Gasteiger partial charge on any atom is -0.494 e. The Bertz CT molecular complexity index is 575. The summed E-state index contributed by atoms with van der Waals surface area (Å²) in [6.07, 6.45) is -1.74. The second-order valence-electron chi connectivity index (χ2n) is 4.07. The number of hydrazine groups is 1. The molecule has 0 unspecified atom stereocenters. The van der Waals surface area contributed by atoms with E-state index in [9.17, 15) is 8.78 Å². The maximum Gasteiger partial charge on any atom is 0.280 e. The molecule has 6 heteroatoms. The standard InChI is InChI=1S/C13H15F2N3O/c1-2-5-19-8-3-4-10-9(6-8)11(18-16)7-12(17-10)13(14)15/h3-4,6-7,13H,2,5,16H2,1H3,(H,17,18). The van der Waals surface area contributed by atoms with Gasteiger partial charge >= 0.3 is 0 Å². The predicted molar refractivity (Wildman–Crippen MR) is 70.3 cm³/mol. The van der Waals surface area contributed by atoms with Crippen molar-refractivity contribution in [3.05, 3.63) is 30.0 Å². The average Bonchev–Trinajstić information content (AvgIpc) is 2.43. The van der Waals surface area contributed by atoms with Gasteiger partial charge in [-0.2, -0.15) is 0 Å². The van der Waals surface area contributed by atoms with Crippen molar-refractivity contribution in [3.63, 3.8) is 0 Å². The lowest BCUT2D eigenvalue weighted by atomic mass is 10.1. The maximum atomic E-state index is 12.7. The molecule has 0 aliphatic carbocycles. The highest BCUT2D eigenvalue weighted by Gasteiger charge is 2.13. The van der Waals surface area contributed by atoms with Gasteiger partial charge < -0.3 is 10.2 Å². The number of ether oxygens (including phenoxy) is 1. The van der Waals surface area contributed by atoms with Crippen molar-refractivity contribution in [2.75, 3.05) is 12.0 Å². The van der Waals surface area contributed by atoms with E-state index in [-0.39, 0.29) is 5.69 Å². The van der Waals surface area contributed by atoms with Gasteiger partial charge in [-0.05, 0) is 30.7 Å². The van der Waals surface area contributed by atoms with E-state index in [4.69, 9.17) is 10.6 Å². The number of pyridine rings is 1. The van der Waals surface area contributed by atoms with Crippen LogP contribution in [0, 0.1) is 0 Å². The fraction of sp³-hybridized carbons (Fsp3) is 0.308. The molecule has 2 rings (SSSR count). The van der Waals surface area contributed by atoms with Crippen LogP contribution in [0.25, 0.3) is 10.9 Å². The van der Waals surface area contributed by atoms with Gasteiger partial charge in [0.05, 0.1) is 17.8 Å². The Morgan fingerprint density at radius 2 is 2.16 bits per heavy atom. The molecule has 0 saturated heterocycles. The highest BCUT2D eigenvalue weighted by Crippen LogP contribution is 2.29. The number of halogens is 2. The highest BCUT2D eigenvalue weighted by molar-refractivity contribution is 5.92. The first kappa shape index (κ1) is 13.5. The van der Waals surface area contributed by atoms with Crippen LogP contribution in [0.1, 0.15) is 25.5 Å². The van der Waals surface area contributed by atoms with Crippen LogP contribution in [-0.4, -0.2) is 11.6 Å². The van der Waals surface area contributed by atoms with Gasteiger partial charge in [-0.15, -0.1) is 0 Å². The molecule has 2 aromatic rings. The smallest absolute Gasteiger partial charge is 0.280 e. The molecule has 1 aromatic heterocycles. The first-order valence-corrected chi connectivity index (χ1v) is 5.98. The molecule has 0 amide bonds. The van der Waals surface area contributed by atoms with Crippen LogP contribution in [0.2, 0.25) is 0 Å². The Morgan fingerprint density at radius 1 is 1.37 bits per heavy atom. The van der Waals surface area contributed by atoms with Gasteiger partial charge in [-0.3, -0.25) is 5.84 Å². The Morgan fingerprint density at radius 3 is 2.79 bits per heavy atom. The number of hydrogen-bond acceptors (Lipinski definition) is 4. The molecule has 1 heterocycles. The number of nitrogen functional groups attached to an aromatic ring is 1. The summed E-state index contributed by atoms with van der Waals surface area (Å²) in [7, 11) is 0. The Kier molecular flexibility index (Phi) is 4.11. The molecule has 19 heavy (non-hydrogen) atoms. The molecule has 0 atom stereocenters. The summed E-state index contributed by atoms with van der Waals surface area (Å²) >= 11 is 0. The zero-order valence-corrected chi connectivity index (χ0v) is 10.5. The topological polar surface area (TPSA) is 60.2 Å². The van der Waals surface area contributed by atoms with E-state index in [0.29, 0.717) is 28.9 Å². The average molecular weight is 267 g/mol. The number of anilines is 1. The van der Waals surface area contributed by atoms with Crippen molar-refractivity contribution in [3.8, 4) is 5.75 Å². The fourth-order valence-electron chi connectivity index (χ4n) is 1.77. The van der Waals surface area contributed by atoms with E-state index >= 15 is 0 Å². The van der Waals surface area contributed by atoms with E-state index in [1.165, 1.54) is 6.07 Å². The van der Waals surface area contributed by atoms with Crippen LogP contribution in [0.5, 0.6) is 5.75 Å². The monoisotopic (exact) mass is 267 g/mol. The number of aromatic nitrogens is 1. The minimum atomic E-state index is -2.63. The molecule has 102 valence electrons. The third-order valence-corrected chi connectivity index (χ3v) is 2.65. The number of nitrogens with two attached hydrogens (primary N) is 1. The van der Waals surface area contributed by atoms with Crippen molar-refractivity contribution in [1.82, 2.24) is 4.98 Å². The molecule has 0 fully saturated rings. The van der Waals surface area contributed by atoms with Crippen LogP contribution in [0.4, 0.5) is 14.5 Å². The molecule has 0 bridgehead atoms. The third-order valence-electron chi connectivity index (χ3n) is 2.65. The number of rotatable bonds is 5. The van der Waals surface area contributed by atoms with Crippen LogP contribution in [0.15, 0.2) is 24.3 Å². The molecule has 0 aliphatic rings. The summed E-state index contributed by atoms with van der Waals surface area (Å²) in [4.78, 5) is 3.90. The molecule has 1 aromatic carbocycles. The van der Waals surface area contributed by atoms with E-state index < -0.39 is 6.43 Å². The lowest BCUT2D eigenvalue weighted by Gasteiger charge is -2.10. The van der Waals surface area contributed by atoms with Gasteiger partial charge in [-0.25, -0.2) is 13.8 Å². The molecular formula is C13H15F2N3O. The van der Waals surface area contributed by atoms with Crippen molar-refractivity contribution in [2.24, 2.45) is 5.84 Å². The summed E-state index contributed by atoms with van der Waals surface area (Å²) in [5.41, 5.74) is 2.97. The summed E-state index contributed by atoms with van der Waals surface area (Å²) in [6, 6.07) is 6.34. The second kappa shape index (κ2) is 5.79. The third kappa shape index (κ3) is 2.90. The first-order chi connectivity index (χ1) is 9.15. The van der Waals surface area contributed by atoms with Gasteiger partial charge in [0, 0.05) is 5.39 Å². The van der Waals surface area contributed by atoms with Gasteiger partial charge in [0.15, 0.2) is 0 Å². The number of hydrogen-bond donors (Lipinski definition) is 2. The van der Waals surface area contributed by atoms with Crippen LogP contribution < -0.4 is 16.0 Å². The van der Waals surface area contributed by atoms with Gasteiger partial charge in [-0.1, -0.05) is 6.92 Å². The van der Waals surface area contributed by atoms with Crippen molar-refractivity contribution < 1.29 is 13.5 Å². The van der Waals surface area contributed by atoms with Crippen molar-refractivity contribution in [1.29, 1.82) is 0 Å². The SMILES string of the molecule is CCCOc1ccc2nc(C(F)F)cc(NN)c2c1. The van der Waals surface area contributed by atoms with Crippen LogP contribution in [0.3, 0.4) is 0 Å². The maximum absolute atomic E-state index is 12.7. The fourth-order valence-corrected chi connectivity index (χ4v) is 1.77. The number of nitrogens with one attached hydrogen (secondary N) is 1. The lowest BCUT2D eigenvalue weighted by Crippen LogP contribution is -2.08. The van der Waals surface area contributed by atoms with Gasteiger partial charge in [0.25, 0.3) is 6.43 Å². The number of benzene rings is 1. The van der Waals surface area contributed by atoms with Gasteiger partial charge in [0.2, 0.25) is 0 Å². The van der Waals surface area contributed by atoms with Crippen LogP contribution in [-0.2, 0) is 0 Å². The second-order valence-corrected chi connectivity index (χ2v) is 4.07. The first-order valence-electron chi connectivity index (χ1n) is 5.98. The molecule has 3 N–H and O–H groups in total. The number of fused-ring (bicyclic) bond motifs is 1. The summed E-state index contributed by atoms with van der Waals surface area (Å²) in [5, 5.41) is 0.653. The van der Waals surface area contributed by atoms with E-state index in [1.54, 1.807) is 18.2 Å². The molecule has 0 radical (unpaired) electrons. The summed E-state index contributed by atoms with van der Waals surface area (Å²) < 4.78 is 30.9. The Labute approximate surface area is 109 Å². The normalized spacial score (nSPS) is 11.0.